The first-order chi connectivity index (χ1) is 8.20. The van der Waals surface area contributed by atoms with Crippen molar-refractivity contribution in [2.75, 3.05) is 12.4 Å². The zero-order chi connectivity index (χ0) is 12.3. The minimum atomic E-state index is -0.204. The van der Waals surface area contributed by atoms with Crippen LogP contribution in [0.2, 0.25) is 0 Å². The Kier molecular flexibility index (Phi) is 4.08. The van der Waals surface area contributed by atoms with Crippen LogP contribution >= 0.6 is 38.6 Å². The number of carbonyl (C=O) groups is 1. The van der Waals surface area contributed by atoms with E-state index >= 15 is 0 Å². The Morgan fingerprint density at radius 3 is 2.94 bits per heavy atom. The number of aromatic nitrogens is 2. The van der Waals surface area contributed by atoms with Gasteiger partial charge in [0, 0.05) is 16.4 Å². The highest BCUT2D eigenvalue weighted by Gasteiger charge is 2.12. The molecule has 0 aliphatic carbocycles. The van der Waals surface area contributed by atoms with Gasteiger partial charge in [-0.15, -0.1) is 21.5 Å². The maximum absolute atomic E-state index is 11.7. The lowest BCUT2D eigenvalue weighted by atomic mass is 10.4. The van der Waals surface area contributed by atoms with E-state index < -0.39 is 0 Å². The monoisotopic (exact) mass is 332 g/mol. The van der Waals surface area contributed by atoms with Gasteiger partial charge in [0.25, 0.3) is 5.91 Å². The summed E-state index contributed by atoms with van der Waals surface area (Å²) in [5.41, 5.74) is 0. The van der Waals surface area contributed by atoms with Crippen molar-refractivity contribution in [1.82, 2.24) is 15.5 Å². The predicted molar refractivity (Wildman–Crippen MR) is 72.6 cm³/mol. The molecule has 90 valence electrons. The van der Waals surface area contributed by atoms with Crippen LogP contribution in [0.15, 0.2) is 15.9 Å². The van der Waals surface area contributed by atoms with Crippen molar-refractivity contribution in [3.63, 3.8) is 0 Å². The van der Waals surface area contributed by atoms with Crippen LogP contribution in [0.5, 0.6) is 0 Å². The molecule has 0 unspecified atom stereocenters. The Bertz CT molecular complexity index is 525. The molecule has 0 atom stereocenters. The lowest BCUT2D eigenvalue weighted by Crippen LogP contribution is -2.22. The Morgan fingerprint density at radius 2 is 2.35 bits per heavy atom. The summed E-state index contributed by atoms with van der Waals surface area (Å²) in [6, 6.07) is 1.95. The van der Waals surface area contributed by atoms with E-state index in [1.807, 2.05) is 11.4 Å². The highest BCUT2D eigenvalue weighted by molar-refractivity contribution is 9.10. The first kappa shape index (κ1) is 12.5. The molecule has 8 heteroatoms. The second-order valence-corrected chi connectivity index (χ2v) is 5.87. The first-order valence-corrected chi connectivity index (χ1v) is 7.21. The molecular formula is C9H9BrN4OS2. The summed E-state index contributed by atoms with van der Waals surface area (Å²) in [7, 11) is 1.74. The van der Waals surface area contributed by atoms with Crippen molar-refractivity contribution in [3.05, 3.63) is 25.8 Å². The number of hydrogen-bond acceptors (Lipinski definition) is 6. The molecule has 0 saturated heterocycles. The molecule has 0 spiro atoms. The number of nitrogens with one attached hydrogen (secondary N) is 2. The number of hydrogen-bond donors (Lipinski definition) is 2. The van der Waals surface area contributed by atoms with Gasteiger partial charge in [0.2, 0.25) is 10.1 Å². The molecule has 0 bridgehead atoms. The van der Waals surface area contributed by atoms with Gasteiger partial charge in [-0.05, 0) is 27.4 Å². The summed E-state index contributed by atoms with van der Waals surface area (Å²) in [6.07, 6.45) is 0. The number of thiophene rings is 1. The van der Waals surface area contributed by atoms with Crippen LogP contribution in [0.3, 0.4) is 0 Å². The largest absolute Gasteiger partial charge is 0.363 e. The number of rotatable bonds is 4. The number of halogens is 1. The van der Waals surface area contributed by atoms with E-state index in [-0.39, 0.29) is 5.91 Å². The normalized spacial score (nSPS) is 10.2. The van der Waals surface area contributed by atoms with Crippen molar-refractivity contribution < 1.29 is 4.79 Å². The predicted octanol–water partition coefficient (Wildman–Crippen LogP) is 2.33. The molecule has 0 saturated carbocycles. The Hall–Kier alpha value is -0.990. The maximum atomic E-state index is 11.7. The smallest absolute Gasteiger partial charge is 0.282 e. The summed E-state index contributed by atoms with van der Waals surface area (Å²) in [5.74, 6) is -0.204. The van der Waals surface area contributed by atoms with Crippen LogP contribution in [-0.4, -0.2) is 23.2 Å². The fourth-order valence-corrected chi connectivity index (χ4v) is 3.15. The summed E-state index contributed by atoms with van der Waals surface area (Å²) in [6.45, 7) is 0.492. The van der Waals surface area contributed by atoms with Gasteiger partial charge < -0.3 is 10.6 Å². The highest BCUT2D eigenvalue weighted by atomic mass is 79.9. The molecule has 0 aliphatic heterocycles. The van der Waals surface area contributed by atoms with E-state index in [4.69, 9.17) is 0 Å². The Labute approximate surface area is 114 Å². The lowest BCUT2D eigenvalue weighted by molar-refractivity contribution is 0.0950. The molecule has 17 heavy (non-hydrogen) atoms. The molecule has 0 aliphatic rings. The molecule has 2 heterocycles. The SMILES string of the molecule is CNc1nnc(C(=O)NCc2sccc2Br)s1. The van der Waals surface area contributed by atoms with Gasteiger partial charge in [-0.2, -0.15) is 0 Å². The molecular weight excluding hydrogens is 324 g/mol. The number of carbonyl (C=O) groups excluding carboxylic acids is 1. The number of nitrogens with zero attached hydrogens (tertiary/aromatic N) is 2. The molecule has 2 N–H and O–H groups in total. The van der Waals surface area contributed by atoms with Gasteiger partial charge in [-0.1, -0.05) is 11.3 Å². The minimum Gasteiger partial charge on any atom is -0.363 e. The average molecular weight is 333 g/mol. The Balaban J connectivity index is 1.95. The van der Waals surface area contributed by atoms with Crippen molar-refractivity contribution in [2.45, 2.75) is 6.54 Å². The summed E-state index contributed by atoms with van der Waals surface area (Å²) >= 11 is 6.23. The molecule has 1 amide bonds. The zero-order valence-electron chi connectivity index (χ0n) is 8.86. The van der Waals surface area contributed by atoms with Crippen LogP contribution in [-0.2, 0) is 6.54 Å². The molecule has 2 aromatic heterocycles. The van der Waals surface area contributed by atoms with Gasteiger partial charge in [0.05, 0.1) is 6.54 Å². The van der Waals surface area contributed by atoms with Crippen LogP contribution in [0.25, 0.3) is 0 Å². The van der Waals surface area contributed by atoms with Gasteiger partial charge in [0.15, 0.2) is 0 Å². The second kappa shape index (κ2) is 5.56. The first-order valence-electron chi connectivity index (χ1n) is 4.72. The Morgan fingerprint density at radius 1 is 1.53 bits per heavy atom. The van der Waals surface area contributed by atoms with E-state index in [0.29, 0.717) is 16.7 Å². The van der Waals surface area contributed by atoms with E-state index in [1.54, 1.807) is 18.4 Å². The van der Waals surface area contributed by atoms with E-state index in [9.17, 15) is 4.79 Å². The third-order valence-electron chi connectivity index (χ3n) is 1.93. The standard InChI is InChI=1S/C9H9BrN4OS2/c1-11-9-14-13-8(17-9)7(15)12-4-6-5(10)2-3-16-6/h2-3H,4H2,1H3,(H,11,14)(H,12,15). The van der Waals surface area contributed by atoms with Crippen LogP contribution < -0.4 is 10.6 Å². The van der Waals surface area contributed by atoms with Gasteiger partial charge in [0.1, 0.15) is 0 Å². The van der Waals surface area contributed by atoms with Crippen LogP contribution in [0.4, 0.5) is 5.13 Å². The summed E-state index contributed by atoms with van der Waals surface area (Å²) in [4.78, 5) is 12.8. The van der Waals surface area contributed by atoms with E-state index in [1.165, 1.54) is 11.3 Å². The number of amides is 1. The molecule has 0 aromatic carbocycles. The molecule has 2 rings (SSSR count). The average Bonchev–Trinajstić information content (AvgIpc) is 2.94. The van der Waals surface area contributed by atoms with Gasteiger partial charge in [-0.3, -0.25) is 4.79 Å². The fourth-order valence-electron chi connectivity index (χ4n) is 1.10. The summed E-state index contributed by atoms with van der Waals surface area (Å²) in [5, 5.41) is 16.2. The highest BCUT2D eigenvalue weighted by Crippen LogP contribution is 2.22. The van der Waals surface area contributed by atoms with Crippen LogP contribution in [0, 0.1) is 0 Å². The molecule has 0 radical (unpaired) electrons. The van der Waals surface area contributed by atoms with Crippen molar-refractivity contribution in [2.24, 2.45) is 0 Å². The lowest BCUT2D eigenvalue weighted by Gasteiger charge is -2.00. The topological polar surface area (TPSA) is 66.9 Å². The number of anilines is 1. The van der Waals surface area contributed by atoms with Crippen molar-refractivity contribution in [1.29, 1.82) is 0 Å². The van der Waals surface area contributed by atoms with Crippen molar-refractivity contribution >= 4 is 49.6 Å². The fraction of sp³-hybridized carbons (Fsp3) is 0.222. The molecule has 0 fully saturated rings. The maximum Gasteiger partial charge on any atom is 0.282 e. The minimum absolute atomic E-state index is 0.204. The van der Waals surface area contributed by atoms with Crippen molar-refractivity contribution in [3.8, 4) is 0 Å². The third kappa shape index (κ3) is 3.02. The third-order valence-corrected chi connectivity index (χ3v) is 4.80. The summed E-state index contributed by atoms with van der Waals surface area (Å²) < 4.78 is 1.01. The van der Waals surface area contributed by atoms with E-state index in [0.717, 1.165) is 9.35 Å². The van der Waals surface area contributed by atoms with Gasteiger partial charge >= 0.3 is 0 Å². The van der Waals surface area contributed by atoms with Gasteiger partial charge in [-0.25, -0.2) is 0 Å². The molecule has 2 aromatic rings. The zero-order valence-corrected chi connectivity index (χ0v) is 12.1. The van der Waals surface area contributed by atoms with Crippen LogP contribution in [0.1, 0.15) is 14.7 Å². The molecule has 5 nitrogen and oxygen atoms in total. The second-order valence-electron chi connectivity index (χ2n) is 3.04. The quantitative estimate of drug-likeness (QED) is 0.901. The van der Waals surface area contributed by atoms with E-state index in [2.05, 4.69) is 36.8 Å².